The number of hydrogen-bond acceptors (Lipinski definition) is 2. The van der Waals surface area contributed by atoms with E-state index in [0.717, 1.165) is 35.7 Å². The second kappa shape index (κ2) is 5.10. The Balaban J connectivity index is 1.87. The first kappa shape index (κ1) is 12.3. The monoisotopic (exact) mass is 274 g/mol. The molecular formula is C15H15ClN2O. The maximum absolute atomic E-state index is 11.4. The molecule has 0 radical (unpaired) electrons. The van der Waals surface area contributed by atoms with Crippen LogP contribution in [0.2, 0.25) is 5.02 Å². The van der Waals surface area contributed by atoms with Gasteiger partial charge in [-0.25, -0.2) is 0 Å². The number of aryl methyl sites for hydroxylation is 1. The fourth-order valence-corrected chi connectivity index (χ4v) is 2.72. The lowest BCUT2D eigenvalue weighted by Crippen LogP contribution is -2.21. The number of anilines is 1. The van der Waals surface area contributed by atoms with Crippen molar-refractivity contribution in [3.63, 3.8) is 0 Å². The van der Waals surface area contributed by atoms with Gasteiger partial charge in [-0.3, -0.25) is 4.79 Å². The van der Waals surface area contributed by atoms with Crippen molar-refractivity contribution in [2.75, 3.05) is 5.32 Å². The lowest BCUT2D eigenvalue weighted by molar-refractivity contribution is 0.587. The van der Waals surface area contributed by atoms with E-state index in [9.17, 15) is 4.79 Å². The maximum atomic E-state index is 11.4. The van der Waals surface area contributed by atoms with Crippen molar-refractivity contribution < 1.29 is 0 Å². The summed E-state index contributed by atoms with van der Waals surface area (Å²) in [6.45, 7) is 0. The minimum absolute atomic E-state index is 0.0223. The van der Waals surface area contributed by atoms with Gasteiger partial charge in [0.2, 0.25) is 5.56 Å². The Labute approximate surface area is 116 Å². The Hall–Kier alpha value is -1.74. The Morgan fingerprint density at radius 2 is 1.95 bits per heavy atom. The summed E-state index contributed by atoms with van der Waals surface area (Å²) in [6.07, 6.45) is 3.10. The molecule has 19 heavy (non-hydrogen) atoms. The van der Waals surface area contributed by atoms with Crippen LogP contribution in [-0.2, 0) is 6.42 Å². The van der Waals surface area contributed by atoms with Gasteiger partial charge in [0.15, 0.2) is 0 Å². The molecule has 0 aliphatic heterocycles. The Morgan fingerprint density at radius 3 is 2.74 bits per heavy atom. The normalized spacial score (nSPS) is 17.8. The zero-order chi connectivity index (χ0) is 13.2. The van der Waals surface area contributed by atoms with Crippen molar-refractivity contribution in [2.45, 2.75) is 25.3 Å². The molecule has 0 bridgehead atoms. The van der Waals surface area contributed by atoms with Gasteiger partial charge in [0, 0.05) is 22.5 Å². The zero-order valence-electron chi connectivity index (χ0n) is 10.4. The predicted molar refractivity (Wildman–Crippen MR) is 77.8 cm³/mol. The number of halogens is 1. The first-order valence-electron chi connectivity index (χ1n) is 6.46. The van der Waals surface area contributed by atoms with Crippen LogP contribution < -0.4 is 10.9 Å². The molecule has 1 aliphatic rings. The lowest BCUT2D eigenvalue weighted by Gasteiger charge is -2.26. The third-order valence-corrected chi connectivity index (χ3v) is 3.77. The van der Waals surface area contributed by atoms with Crippen molar-refractivity contribution >= 4 is 17.3 Å². The van der Waals surface area contributed by atoms with Crippen molar-refractivity contribution in [3.8, 4) is 0 Å². The molecule has 0 fully saturated rings. The van der Waals surface area contributed by atoms with Crippen LogP contribution in [0.5, 0.6) is 0 Å². The van der Waals surface area contributed by atoms with Gasteiger partial charge in [-0.15, -0.1) is 0 Å². The highest BCUT2D eigenvalue weighted by Gasteiger charge is 2.20. The van der Waals surface area contributed by atoms with Gasteiger partial charge in [0.25, 0.3) is 0 Å². The molecule has 0 spiro atoms. The quantitative estimate of drug-likeness (QED) is 0.880. The number of rotatable bonds is 2. The van der Waals surface area contributed by atoms with E-state index in [1.165, 1.54) is 5.56 Å². The molecule has 1 aliphatic carbocycles. The van der Waals surface area contributed by atoms with Crippen LogP contribution in [0, 0.1) is 0 Å². The first-order valence-corrected chi connectivity index (χ1v) is 6.84. The molecule has 0 saturated carbocycles. The zero-order valence-corrected chi connectivity index (χ0v) is 11.2. The number of fused-ring (bicyclic) bond motifs is 1. The fourth-order valence-electron chi connectivity index (χ4n) is 2.60. The first-order chi connectivity index (χ1) is 9.22. The molecule has 1 aromatic carbocycles. The molecular weight excluding hydrogens is 260 g/mol. The second-order valence-corrected chi connectivity index (χ2v) is 5.29. The summed E-state index contributed by atoms with van der Waals surface area (Å²) >= 11 is 5.89. The topological polar surface area (TPSA) is 44.9 Å². The average molecular weight is 275 g/mol. The van der Waals surface area contributed by atoms with Crippen LogP contribution >= 0.6 is 11.6 Å². The number of aromatic nitrogens is 1. The van der Waals surface area contributed by atoms with E-state index in [1.54, 1.807) is 6.07 Å². The van der Waals surface area contributed by atoms with Crippen LogP contribution in [0.4, 0.5) is 5.69 Å². The van der Waals surface area contributed by atoms with Crippen molar-refractivity contribution in [1.29, 1.82) is 0 Å². The summed E-state index contributed by atoms with van der Waals surface area (Å²) in [6, 6.07) is 11.5. The van der Waals surface area contributed by atoms with Gasteiger partial charge in [0.1, 0.15) is 0 Å². The molecule has 1 heterocycles. The van der Waals surface area contributed by atoms with Crippen molar-refractivity contribution in [1.82, 2.24) is 4.98 Å². The van der Waals surface area contributed by atoms with Gasteiger partial charge in [-0.05, 0) is 55.2 Å². The highest BCUT2D eigenvalue weighted by molar-refractivity contribution is 6.30. The number of benzene rings is 1. The Morgan fingerprint density at radius 1 is 1.16 bits per heavy atom. The molecule has 4 heteroatoms. The van der Waals surface area contributed by atoms with Crippen molar-refractivity contribution in [3.05, 3.63) is 63.0 Å². The van der Waals surface area contributed by atoms with Crippen LogP contribution in [-0.4, -0.2) is 4.98 Å². The van der Waals surface area contributed by atoms with Gasteiger partial charge in [-0.1, -0.05) is 11.6 Å². The van der Waals surface area contributed by atoms with E-state index in [1.807, 2.05) is 30.3 Å². The predicted octanol–water partition coefficient (Wildman–Crippen LogP) is 3.52. The third-order valence-electron chi connectivity index (χ3n) is 3.52. The van der Waals surface area contributed by atoms with Gasteiger partial charge < -0.3 is 10.3 Å². The van der Waals surface area contributed by atoms with E-state index in [-0.39, 0.29) is 11.6 Å². The molecule has 0 saturated heterocycles. The third kappa shape index (κ3) is 2.66. The summed E-state index contributed by atoms with van der Waals surface area (Å²) < 4.78 is 0. The van der Waals surface area contributed by atoms with E-state index in [2.05, 4.69) is 10.3 Å². The van der Waals surface area contributed by atoms with Gasteiger partial charge >= 0.3 is 0 Å². The summed E-state index contributed by atoms with van der Waals surface area (Å²) in [5.41, 5.74) is 3.28. The van der Waals surface area contributed by atoms with Crippen molar-refractivity contribution in [2.24, 2.45) is 0 Å². The lowest BCUT2D eigenvalue weighted by atomic mass is 9.91. The maximum Gasteiger partial charge on any atom is 0.248 e. The largest absolute Gasteiger partial charge is 0.378 e. The number of hydrogen-bond donors (Lipinski definition) is 2. The molecule has 2 N–H and O–H groups in total. The summed E-state index contributed by atoms with van der Waals surface area (Å²) in [5, 5.41) is 4.24. The van der Waals surface area contributed by atoms with Crippen LogP contribution in [0.3, 0.4) is 0 Å². The average Bonchev–Trinajstić information content (AvgIpc) is 2.41. The van der Waals surface area contributed by atoms with E-state index in [0.29, 0.717) is 0 Å². The van der Waals surface area contributed by atoms with E-state index < -0.39 is 0 Å². The molecule has 2 aromatic rings. The van der Waals surface area contributed by atoms with Crippen LogP contribution in [0.15, 0.2) is 41.2 Å². The summed E-state index contributed by atoms with van der Waals surface area (Å²) in [5.74, 6) is 0. The Kier molecular flexibility index (Phi) is 3.30. The minimum atomic E-state index is -0.0223. The smallest absolute Gasteiger partial charge is 0.248 e. The summed E-state index contributed by atoms with van der Waals surface area (Å²) in [7, 11) is 0. The molecule has 3 rings (SSSR count). The van der Waals surface area contributed by atoms with E-state index >= 15 is 0 Å². The number of aromatic amines is 1. The molecule has 3 nitrogen and oxygen atoms in total. The van der Waals surface area contributed by atoms with Gasteiger partial charge in [-0.2, -0.15) is 0 Å². The Bertz CT molecular complexity index is 633. The minimum Gasteiger partial charge on any atom is -0.378 e. The number of pyridine rings is 1. The molecule has 1 unspecified atom stereocenters. The molecule has 0 amide bonds. The molecule has 1 aromatic heterocycles. The fraction of sp³-hybridized carbons (Fsp3) is 0.267. The molecule has 98 valence electrons. The molecule has 1 atom stereocenters. The van der Waals surface area contributed by atoms with E-state index in [4.69, 9.17) is 11.6 Å². The number of H-pyrrole nitrogens is 1. The van der Waals surface area contributed by atoms with Crippen LogP contribution in [0.25, 0.3) is 0 Å². The second-order valence-electron chi connectivity index (χ2n) is 4.85. The SMILES string of the molecule is O=c1ccc2c([nH]1)CCCC2Nc1ccc(Cl)cc1. The highest BCUT2D eigenvalue weighted by atomic mass is 35.5. The standard InChI is InChI=1S/C15H15ClN2O/c16-10-4-6-11(7-5-10)17-13-2-1-3-14-12(13)8-9-15(19)18-14/h4-9,13,17H,1-3H2,(H,18,19). The van der Waals surface area contributed by atoms with Crippen LogP contribution in [0.1, 0.15) is 30.1 Å². The number of nitrogens with one attached hydrogen (secondary N) is 2. The highest BCUT2D eigenvalue weighted by Crippen LogP contribution is 2.31. The van der Waals surface area contributed by atoms with Gasteiger partial charge in [0.05, 0.1) is 6.04 Å². The summed E-state index contributed by atoms with van der Waals surface area (Å²) in [4.78, 5) is 14.3.